The van der Waals surface area contributed by atoms with Gasteiger partial charge in [-0.15, -0.1) is 0 Å². The molecule has 0 aliphatic carbocycles. The Morgan fingerprint density at radius 2 is 1.13 bits per heavy atom. The highest BCUT2D eigenvalue weighted by molar-refractivity contribution is 5.98. The molecule has 23 nitrogen and oxygen atoms in total. The van der Waals surface area contributed by atoms with Gasteiger partial charge in [0.2, 0.25) is 65.0 Å². The lowest BCUT2D eigenvalue weighted by Crippen LogP contribution is -2.63. The number of aryl methyl sites for hydroxylation is 1. The highest BCUT2D eigenvalue weighted by Gasteiger charge is 2.43. The average Bonchev–Trinajstić information content (AvgIpc) is 1.02. The quantitative estimate of drug-likeness (QED) is 0.223. The first-order chi connectivity index (χ1) is 41.7. The highest BCUT2D eigenvalue weighted by Crippen LogP contribution is 2.30. The van der Waals surface area contributed by atoms with Crippen molar-refractivity contribution in [3.05, 3.63) is 71.3 Å². The van der Waals surface area contributed by atoms with Crippen LogP contribution in [0.3, 0.4) is 0 Å². The molecule has 4 N–H and O–H groups in total. The largest absolute Gasteiger partial charge is 0.416 e. The molecule has 0 spiro atoms. The topological polar surface area (TPSA) is 268 Å². The molecule has 1 fully saturated rings. The highest BCUT2D eigenvalue weighted by atomic mass is 19.4. The van der Waals surface area contributed by atoms with Crippen molar-refractivity contribution < 1.29 is 70.6 Å². The second-order valence-electron chi connectivity index (χ2n) is 25.4. The van der Waals surface area contributed by atoms with Crippen molar-refractivity contribution >= 4 is 65.0 Å². The fourth-order valence-electron chi connectivity index (χ4n) is 10.3. The van der Waals surface area contributed by atoms with Gasteiger partial charge in [0.05, 0.1) is 37.9 Å². The molecule has 1 saturated heterocycles. The SMILES string of the molecule is CCC(C)[C@@H]1NC(=O)[C@H](C)N(C)C(=O)C[C@@H](C)NC(=O)[C@H](CC(C)C)N(C)C(=O)C(C)(C)NC(=O)[C@H](CC(C)C)N(C)C(=O)[C@H](CCc2ccc(C(F)(F)F)cc2)NC(=O)CN(C)C(=O)[C@H](C(C)OCc2ccccc2)N(C)C(=O)CN(C)C(=O)CN(C)C1=O. The van der Waals surface area contributed by atoms with Gasteiger partial charge in [0.15, 0.2) is 0 Å². The minimum absolute atomic E-state index is 0.00368. The standard InChI is InChI=1S/C64H98F3N11O12/c1-19-40(6)54-60(87)74(14)35-52(81)72(12)36-53(82)78(18)55(43(9)90-37-45-23-21-20-22-24-45)61(88)73(13)34-50(79)69-47(30-27-44-25-28-46(29-26-44)64(65,66)67)59(86)76(16)49(32-39(4)5)58(85)71-63(10,11)62(89)77(17)48(31-38(2)3)57(84)68-41(7)33-51(80)75(15)42(8)56(83)70-54/h20-26,28-29,38-43,47-49,54-55H,19,27,30-37H2,1-18H3,(H,68,84)(H,69,79)(H,70,83)(H,71,85)/t40?,41-,42+,43?,47+,48+,49+,54+,55+/m1/s1. The number of carbonyl (C=O) groups is 11. The van der Waals surface area contributed by atoms with Crippen LogP contribution >= 0.6 is 0 Å². The summed E-state index contributed by atoms with van der Waals surface area (Å²) in [5.41, 5.74) is -1.53. The monoisotopic (exact) mass is 1270 g/mol. The molecule has 0 bridgehead atoms. The zero-order valence-electron chi connectivity index (χ0n) is 55.8. The Labute approximate surface area is 528 Å². The number of ether oxygens (including phenoxy) is 1. The normalized spacial score (nSPS) is 24.1. The van der Waals surface area contributed by atoms with Crippen LogP contribution in [-0.2, 0) is 76.7 Å². The molecule has 0 radical (unpaired) electrons. The number of alkyl halides is 3. The summed E-state index contributed by atoms with van der Waals surface area (Å²) in [6, 6.07) is 4.76. The Balaban J connectivity index is 2.20. The third kappa shape index (κ3) is 22.1. The molecule has 502 valence electrons. The molecule has 26 heteroatoms. The van der Waals surface area contributed by atoms with Gasteiger partial charge in [-0.25, -0.2) is 0 Å². The first-order valence-electron chi connectivity index (χ1n) is 30.6. The summed E-state index contributed by atoms with van der Waals surface area (Å²) >= 11 is 0. The fourth-order valence-corrected chi connectivity index (χ4v) is 10.3. The third-order valence-corrected chi connectivity index (χ3v) is 16.4. The average molecular weight is 1270 g/mol. The molecule has 90 heavy (non-hydrogen) atoms. The van der Waals surface area contributed by atoms with Crippen LogP contribution in [0, 0.1) is 17.8 Å². The number of benzene rings is 2. The van der Waals surface area contributed by atoms with Gasteiger partial charge in [-0.05, 0) is 101 Å². The molecular formula is C64H98F3N11O12. The minimum atomic E-state index is -4.63. The second kappa shape index (κ2) is 34.0. The predicted octanol–water partition coefficient (Wildman–Crippen LogP) is 3.86. The molecule has 3 rings (SSSR count). The maximum Gasteiger partial charge on any atom is 0.416 e. The number of nitrogens with zero attached hydrogens (tertiary/aromatic N) is 7. The van der Waals surface area contributed by atoms with Crippen LogP contribution in [-0.4, -0.2) is 222 Å². The van der Waals surface area contributed by atoms with Crippen molar-refractivity contribution in [3.8, 4) is 0 Å². The van der Waals surface area contributed by atoms with E-state index in [4.69, 9.17) is 4.74 Å². The number of hydrogen-bond donors (Lipinski definition) is 4. The summed E-state index contributed by atoms with van der Waals surface area (Å²) in [7, 11) is 9.43. The van der Waals surface area contributed by atoms with Crippen LogP contribution in [0.5, 0.6) is 0 Å². The Bertz CT molecular complexity index is 2820. The number of amides is 11. The second-order valence-corrected chi connectivity index (χ2v) is 25.4. The van der Waals surface area contributed by atoms with E-state index in [0.29, 0.717) is 12.0 Å². The first-order valence-corrected chi connectivity index (χ1v) is 30.6. The van der Waals surface area contributed by atoms with Gasteiger partial charge in [0.1, 0.15) is 41.8 Å². The van der Waals surface area contributed by atoms with E-state index in [0.717, 1.165) is 42.2 Å². The molecule has 2 unspecified atom stereocenters. The van der Waals surface area contributed by atoms with Gasteiger partial charge in [-0.3, -0.25) is 52.7 Å². The Hall–Kier alpha value is -7.64. The van der Waals surface area contributed by atoms with E-state index in [-0.39, 0.29) is 50.5 Å². The zero-order chi connectivity index (χ0) is 68.4. The van der Waals surface area contributed by atoms with Crippen molar-refractivity contribution in [3.63, 3.8) is 0 Å². The Kier molecular flexibility index (Phi) is 28.9. The Morgan fingerprint density at radius 1 is 0.589 bits per heavy atom. The number of likely N-dealkylation sites (N-methyl/N-ethyl adjacent to an activating group) is 7. The van der Waals surface area contributed by atoms with E-state index >= 15 is 0 Å². The van der Waals surface area contributed by atoms with Gasteiger partial charge in [0.25, 0.3) is 0 Å². The summed E-state index contributed by atoms with van der Waals surface area (Å²) in [5.74, 6) is -8.70. The number of hydrogen-bond acceptors (Lipinski definition) is 12. The molecule has 2 aromatic carbocycles. The number of rotatable bonds is 13. The van der Waals surface area contributed by atoms with Crippen LogP contribution in [0.2, 0.25) is 0 Å². The van der Waals surface area contributed by atoms with Crippen molar-refractivity contribution in [2.75, 3.05) is 69.0 Å². The number of nitrogens with one attached hydrogen (secondary N) is 4. The van der Waals surface area contributed by atoms with Gasteiger partial charge in [-0.1, -0.05) is 90.4 Å². The van der Waals surface area contributed by atoms with Crippen LogP contribution in [0.1, 0.15) is 125 Å². The third-order valence-electron chi connectivity index (χ3n) is 16.4. The van der Waals surface area contributed by atoms with Crippen LogP contribution in [0.15, 0.2) is 54.6 Å². The molecule has 2 aromatic rings. The van der Waals surface area contributed by atoms with Crippen LogP contribution < -0.4 is 21.3 Å². The first kappa shape index (κ1) is 76.6. The summed E-state index contributed by atoms with van der Waals surface area (Å²) in [6.45, 7) is 16.4. The lowest BCUT2D eigenvalue weighted by molar-refractivity contribution is -0.153. The van der Waals surface area contributed by atoms with E-state index in [1.54, 1.807) is 71.9 Å². The molecule has 1 aliphatic heterocycles. The summed E-state index contributed by atoms with van der Waals surface area (Å²) in [5, 5.41) is 11.0. The Morgan fingerprint density at radius 3 is 1.68 bits per heavy atom. The number of halogens is 3. The summed E-state index contributed by atoms with van der Waals surface area (Å²) in [4.78, 5) is 165. The van der Waals surface area contributed by atoms with Crippen LogP contribution in [0.25, 0.3) is 0 Å². The van der Waals surface area contributed by atoms with Gasteiger partial charge < -0.3 is 60.3 Å². The molecule has 11 amide bonds. The van der Waals surface area contributed by atoms with E-state index in [1.165, 1.54) is 92.0 Å². The van der Waals surface area contributed by atoms with E-state index < -0.39 is 156 Å². The van der Waals surface area contributed by atoms with Gasteiger partial charge in [-0.2, -0.15) is 13.2 Å². The predicted molar refractivity (Wildman–Crippen MR) is 332 cm³/mol. The van der Waals surface area contributed by atoms with E-state index in [1.807, 2.05) is 13.8 Å². The molecule has 1 aliphatic rings. The maximum absolute atomic E-state index is 14.9. The minimum Gasteiger partial charge on any atom is -0.371 e. The maximum atomic E-state index is 14.9. The molecule has 0 saturated carbocycles. The molecule has 9 atom stereocenters. The van der Waals surface area contributed by atoms with Gasteiger partial charge >= 0.3 is 6.18 Å². The van der Waals surface area contributed by atoms with E-state index in [9.17, 15) is 65.9 Å². The lowest BCUT2D eigenvalue weighted by atomic mass is 9.95. The molecular weight excluding hydrogens is 1170 g/mol. The molecule has 0 aromatic heterocycles. The lowest BCUT2D eigenvalue weighted by Gasteiger charge is -2.38. The van der Waals surface area contributed by atoms with Crippen molar-refractivity contribution in [1.82, 2.24) is 55.6 Å². The smallest absolute Gasteiger partial charge is 0.371 e. The summed E-state index contributed by atoms with van der Waals surface area (Å²) < 4.78 is 47.0. The van der Waals surface area contributed by atoms with Gasteiger partial charge in [0, 0.05) is 61.8 Å². The van der Waals surface area contributed by atoms with Crippen molar-refractivity contribution in [2.45, 2.75) is 181 Å². The van der Waals surface area contributed by atoms with E-state index in [2.05, 4.69) is 21.3 Å². The molecule has 1 heterocycles. The van der Waals surface area contributed by atoms with Crippen molar-refractivity contribution in [1.29, 1.82) is 0 Å². The zero-order valence-corrected chi connectivity index (χ0v) is 55.8. The number of carbonyl (C=O) groups excluding carboxylic acids is 11. The van der Waals surface area contributed by atoms with Crippen molar-refractivity contribution in [2.24, 2.45) is 17.8 Å². The summed E-state index contributed by atoms with van der Waals surface area (Å²) in [6.07, 6.45) is -5.62. The fraction of sp³-hybridized carbons (Fsp3) is 0.641. The van der Waals surface area contributed by atoms with Crippen LogP contribution in [0.4, 0.5) is 13.2 Å².